The van der Waals surface area contributed by atoms with Gasteiger partial charge in [-0.25, -0.2) is 0 Å². The van der Waals surface area contributed by atoms with Crippen molar-refractivity contribution in [1.82, 2.24) is 15.0 Å². The van der Waals surface area contributed by atoms with E-state index in [4.69, 9.17) is 4.52 Å². The number of aliphatic hydroxyl groups is 1. The number of nitrogens with zero attached hydrogens (tertiary/aromatic N) is 3. The molecule has 1 saturated heterocycles. The van der Waals surface area contributed by atoms with E-state index in [0.717, 1.165) is 37.7 Å². The van der Waals surface area contributed by atoms with Gasteiger partial charge in [0.1, 0.15) is 0 Å². The van der Waals surface area contributed by atoms with Gasteiger partial charge in [0.05, 0.1) is 17.9 Å². The molecule has 2 aliphatic rings. The first-order chi connectivity index (χ1) is 12.1. The summed E-state index contributed by atoms with van der Waals surface area (Å²) in [5.74, 6) is 1.29. The number of amides is 1. The average molecular weight is 341 g/mol. The molecule has 2 aromatic rings. The second-order valence-electron chi connectivity index (χ2n) is 7.28. The van der Waals surface area contributed by atoms with Gasteiger partial charge in [-0.05, 0) is 12.8 Å². The molecule has 1 aromatic carbocycles. The third-order valence-corrected chi connectivity index (χ3v) is 5.32. The van der Waals surface area contributed by atoms with Crippen LogP contribution in [0, 0.1) is 0 Å². The number of aromatic nitrogens is 2. The van der Waals surface area contributed by atoms with Crippen LogP contribution >= 0.6 is 0 Å². The number of rotatable bonds is 4. The Hall–Kier alpha value is -2.21. The lowest BCUT2D eigenvalue weighted by Gasteiger charge is -2.40. The van der Waals surface area contributed by atoms with E-state index in [1.54, 1.807) is 4.90 Å². The van der Waals surface area contributed by atoms with Crippen LogP contribution in [0.3, 0.4) is 0 Å². The lowest BCUT2D eigenvalue weighted by atomic mass is 9.82. The lowest BCUT2D eigenvalue weighted by Crippen LogP contribution is -2.51. The maximum absolute atomic E-state index is 12.4. The molecule has 1 aliphatic heterocycles. The summed E-state index contributed by atoms with van der Waals surface area (Å²) in [6, 6.07) is 9.70. The van der Waals surface area contributed by atoms with Crippen molar-refractivity contribution in [2.45, 2.75) is 50.0 Å². The monoisotopic (exact) mass is 341 g/mol. The summed E-state index contributed by atoms with van der Waals surface area (Å²) in [5, 5.41) is 14.6. The molecule has 2 heterocycles. The molecule has 1 saturated carbocycles. The van der Waals surface area contributed by atoms with E-state index in [1.807, 2.05) is 30.3 Å². The van der Waals surface area contributed by atoms with Gasteiger partial charge in [0.25, 0.3) is 0 Å². The molecule has 132 valence electrons. The number of likely N-dealkylation sites (tertiary alicyclic amines) is 1. The molecule has 2 fully saturated rings. The van der Waals surface area contributed by atoms with Crippen molar-refractivity contribution >= 4 is 5.91 Å². The Labute approximate surface area is 146 Å². The summed E-state index contributed by atoms with van der Waals surface area (Å²) in [5.41, 5.74) is 0.120. The zero-order valence-electron chi connectivity index (χ0n) is 14.2. The van der Waals surface area contributed by atoms with E-state index in [1.165, 1.54) is 0 Å². The normalized spacial score (nSPS) is 20.3. The quantitative estimate of drug-likeness (QED) is 0.925. The number of carbonyl (C=O) groups excluding carboxylic acids is 1. The summed E-state index contributed by atoms with van der Waals surface area (Å²) in [6.07, 6.45) is 4.88. The highest BCUT2D eigenvalue weighted by Gasteiger charge is 2.39. The van der Waals surface area contributed by atoms with Crippen LogP contribution < -0.4 is 0 Å². The van der Waals surface area contributed by atoms with Crippen LogP contribution in [0.1, 0.15) is 50.3 Å². The maximum Gasteiger partial charge on any atom is 0.233 e. The number of carbonyl (C=O) groups is 1. The molecule has 6 heteroatoms. The van der Waals surface area contributed by atoms with Crippen molar-refractivity contribution in [3.8, 4) is 11.4 Å². The zero-order chi connectivity index (χ0) is 17.3. The van der Waals surface area contributed by atoms with Crippen LogP contribution in [-0.4, -0.2) is 44.7 Å². The Morgan fingerprint density at radius 1 is 1.20 bits per heavy atom. The molecule has 1 aromatic heterocycles. The third-order valence-electron chi connectivity index (χ3n) is 5.32. The van der Waals surface area contributed by atoms with Gasteiger partial charge in [-0.15, -0.1) is 0 Å². The second-order valence-corrected chi connectivity index (χ2v) is 7.28. The van der Waals surface area contributed by atoms with Crippen LogP contribution in [0.5, 0.6) is 0 Å². The molecule has 4 rings (SSSR count). The van der Waals surface area contributed by atoms with Crippen LogP contribution in [0.15, 0.2) is 34.9 Å². The van der Waals surface area contributed by atoms with Gasteiger partial charge in [-0.3, -0.25) is 4.79 Å². The van der Waals surface area contributed by atoms with Crippen molar-refractivity contribution in [1.29, 1.82) is 0 Å². The molecule has 0 atom stereocenters. The highest BCUT2D eigenvalue weighted by molar-refractivity contribution is 5.78. The molecule has 6 nitrogen and oxygen atoms in total. The van der Waals surface area contributed by atoms with Gasteiger partial charge >= 0.3 is 0 Å². The molecule has 1 amide bonds. The van der Waals surface area contributed by atoms with Crippen molar-refractivity contribution in [3.63, 3.8) is 0 Å². The van der Waals surface area contributed by atoms with E-state index in [0.29, 0.717) is 24.8 Å². The maximum atomic E-state index is 12.4. The molecule has 25 heavy (non-hydrogen) atoms. The van der Waals surface area contributed by atoms with Gasteiger partial charge in [0, 0.05) is 18.7 Å². The highest BCUT2D eigenvalue weighted by atomic mass is 16.5. The minimum atomic E-state index is -0.800. The summed E-state index contributed by atoms with van der Waals surface area (Å²) < 4.78 is 5.37. The largest absolute Gasteiger partial charge is 0.389 e. The summed E-state index contributed by atoms with van der Waals surface area (Å²) in [4.78, 5) is 18.6. The van der Waals surface area contributed by atoms with Gasteiger partial charge in [0.15, 0.2) is 0 Å². The Balaban J connectivity index is 1.33. The summed E-state index contributed by atoms with van der Waals surface area (Å²) in [6.45, 7) is 1.18. The molecular formula is C19H23N3O3. The Bertz CT molecular complexity index is 731. The fourth-order valence-electron chi connectivity index (χ4n) is 3.72. The van der Waals surface area contributed by atoms with E-state index < -0.39 is 5.60 Å². The molecule has 0 bridgehead atoms. The van der Waals surface area contributed by atoms with Crippen molar-refractivity contribution in [3.05, 3.63) is 36.2 Å². The average Bonchev–Trinajstić information content (AvgIpc) is 3.04. The van der Waals surface area contributed by atoms with Crippen LogP contribution in [0.2, 0.25) is 0 Å². The first-order valence-corrected chi connectivity index (χ1v) is 9.02. The lowest BCUT2D eigenvalue weighted by molar-refractivity contribution is -0.142. The molecule has 0 unspecified atom stereocenters. The standard InChI is InChI=1S/C19H23N3O3/c23-16(11-19(24)9-5-2-6-10-19)22-12-15(13-22)18-20-17(21-25-18)14-7-3-1-4-8-14/h1,3-4,7-8,15,24H,2,5-6,9-13H2. The third kappa shape index (κ3) is 3.44. The van der Waals surface area contributed by atoms with Crippen molar-refractivity contribution < 1.29 is 14.4 Å². The first-order valence-electron chi connectivity index (χ1n) is 9.02. The van der Waals surface area contributed by atoms with Gasteiger partial charge in [0.2, 0.25) is 17.6 Å². The number of hydrogen-bond donors (Lipinski definition) is 1. The fourth-order valence-corrected chi connectivity index (χ4v) is 3.72. The summed E-state index contributed by atoms with van der Waals surface area (Å²) >= 11 is 0. The minimum Gasteiger partial charge on any atom is -0.389 e. The van der Waals surface area contributed by atoms with Gasteiger partial charge < -0.3 is 14.5 Å². The summed E-state index contributed by atoms with van der Waals surface area (Å²) in [7, 11) is 0. The Morgan fingerprint density at radius 2 is 1.92 bits per heavy atom. The first kappa shape index (κ1) is 16.3. The van der Waals surface area contributed by atoms with E-state index >= 15 is 0 Å². The smallest absolute Gasteiger partial charge is 0.233 e. The van der Waals surface area contributed by atoms with E-state index in [2.05, 4.69) is 10.1 Å². The van der Waals surface area contributed by atoms with Crippen molar-refractivity contribution in [2.75, 3.05) is 13.1 Å². The molecule has 0 radical (unpaired) electrons. The van der Waals surface area contributed by atoms with E-state index in [9.17, 15) is 9.90 Å². The second kappa shape index (κ2) is 6.59. The van der Waals surface area contributed by atoms with E-state index in [-0.39, 0.29) is 18.2 Å². The predicted octanol–water partition coefficient (Wildman–Crippen LogP) is 2.75. The number of hydrogen-bond acceptors (Lipinski definition) is 5. The predicted molar refractivity (Wildman–Crippen MR) is 91.7 cm³/mol. The molecule has 0 spiro atoms. The Morgan fingerprint density at radius 3 is 2.64 bits per heavy atom. The molecular weight excluding hydrogens is 318 g/mol. The topological polar surface area (TPSA) is 79.5 Å². The van der Waals surface area contributed by atoms with Gasteiger partial charge in [-0.2, -0.15) is 4.98 Å². The minimum absolute atomic E-state index is 0.0310. The zero-order valence-corrected chi connectivity index (χ0v) is 14.2. The number of benzene rings is 1. The molecule has 1 N–H and O–H groups in total. The van der Waals surface area contributed by atoms with Crippen LogP contribution in [0.25, 0.3) is 11.4 Å². The van der Waals surface area contributed by atoms with Crippen LogP contribution in [-0.2, 0) is 4.79 Å². The van der Waals surface area contributed by atoms with Gasteiger partial charge in [-0.1, -0.05) is 54.8 Å². The molecule has 1 aliphatic carbocycles. The fraction of sp³-hybridized carbons (Fsp3) is 0.526. The van der Waals surface area contributed by atoms with Crippen LogP contribution in [0.4, 0.5) is 0 Å². The SMILES string of the molecule is O=C(CC1(O)CCCCC1)N1CC(c2nc(-c3ccccc3)no2)C1. The van der Waals surface area contributed by atoms with Crippen molar-refractivity contribution in [2.24, 2.45) is 0 Å². The Kier molecular flexibility index (Phi) is 4.29. The highest BCUT2D eigenvalue weighted by Crippen LogP contribution is 2.34.